The Morgan fingerprint density at radius 3 is 2.43 bits per heavy atom. The van der Waals surface area contributed by atoms with Crippen LogP contribution in [-0.4, -0.2) is 55.5 Å². The van der Waals surface area contributed by atoms with Crippen LogP contribution in [-0.2, 0) is 11.3 Å². The summed E-state index contributed by atoms with van der Waals surface area (Å²) in [5.41, 5.74) is 2.67. The Morgan fingerprint density at radius 1 is 1.22 bits per heavy atom. The summed E-state index contributed by atoms with van der Waals surface area (Å²) in [4.78, 5) is 16.7. The fourth-order valence-electron chi connectivity index (χ4n) is 2.90. The van der Waals surface area contributed by atoms with E-state index in [-0.39, 0.29) is 36.6 Å². The van der Waals surface area contributed by atoms with Crippen molar-refractivity contribution in [3.63, 3.8) is 0 Å². The number of aryl methyl sites for hydroxylation is 1. The maximum atomic E-state index is 12.3. The lowest BCUT2D eigenvalue weighted by atomic mass is 10.1. The number of nitrogens with one attached hydrogen (secondary N) is 1. The molecule has 6 heteroatoms. The number of piperazine rings is 1. The zero-order valence-corrected chi connectivity index (χ0v) is 15.9. The molecule has 0 aliphatic carbocycles. The van der Waals surface area contributed by atoms with Crippen molar-refractivity contribution in [2.24, 2.45) is 5.92 Å². The van der Waals surface area contributed by atoms with Gasteiger partial charge in [0.25, 0.3) is 0 Å². The quantitative estimate of drug-likeness (QED) is 0.874. The summed E-state index contributed by atoms with van der Waals surface area (Å²) >= 11 is 0. The van der Waals surface area contributed by atoms with E-state index >= 15 is 0 Å². The summed E-state index contributed by atoms with van der Waals surface area (Å²) in [6.07, 6.45) is 0. The lowest BCUT2D eigenvalue weighted by molar-refractivity contribution is -0.136. The first-order valence-corrected chi connectivity index (χ1v) is 7.81. The molecular formula is C17H29Cl2N3O. The third-order valence-corrected chi connectivity index (χ3v) is 4.10. The van der Waals surface area contributed by atoms with E-state index in [4.69, 9.17) is 0 Å². The minimum atomic E-state index is 0. The second kappa shape index (κ2) is 10.9. The van der Waals surface area contributed by atoms with Crippen LogP contribution >= 0.6 is 24.8 Å². The van der Waals surface area contributed by atoms with Crippen molar-refractivity contribution in [2.75, 3.05) is 39.8 Å². The van der Waals surface area contributed by atoms with Gasteiger partial charge in [-0.15, -0.1) is 24.8 Å². The van der Waals surface area contributed by atoms with Gasteiger partial charge in [-0.3, -0.25) is 9.69 Å². The van der Waals surface area contributed by atoms with Gasteiger partial charge >= 0.3 is 0 Å². The van der Waals surface area contributed by atoms with Gasteiger partial charge in [0.15, 0.2) is 0 Å². The molecule has 1 amide bonds. The maximum Gasteiger partial charge on any atom is 0.226 e. The molecule has 0 aromatic heterocycles. The Balaban J connectivity index is 0.00000242. The number of nitrogens with zero attached hydrogens (tertiary/aromatic N) is 2. The molecule has 1 heterocycles. The summed E-state index contributed by atoms with van der Waals surface area (Å²) in [6, 6.07) is 8.67. The van der Waals surface area contributed by atoms with E-state index in [1.54, 1.807) is 0 Å². The fraction of sp³-hybridized carbons (Fsp3) is 0.588. The van der Waals surface area contributed by atoms with Crippen LogP contribution in [0.3, 0.4) is 0 Å². The maximum absolute atomic E-state index is 12.3. The van der Waals surface area contributed by atoms with E-state index in [9.17, 15) is 4.79 Å². The minimum absolute atomic E-state index is 0. The van der Waals surface area contributed by atoms with Gasteiger partial charge in [0.1, 0.15) is 0 Å². The van der Waals surface area contributed by atoms with Gasteiger partial charge in [-0.05, 0) is 19.5 Å². The largest absolute Gasteiger partial charge is 0.340 e. The molecule has 1 N–H and O–H groups in total. The topological polar surface area (TPSA) is 35.6 Å². The molecule has 4 nitrogen and oxygen atoms in total. The predicted molar refractivity (Wildman–Crippen MR) is 101 cm³/mol. The number of hydrogen-bond donors (Lipinski definition) is 1. The van der Waals surface area contributed by atoms with Gasteiger partial charge in [0.05, 0.1) is 0 Å². The van der Waals surface area contributed by atoms with E-state index < -0.39 is 0 Å². The second-order valence-corrected chi connectivity index (χ2v) is 6.05. The third kappa shape index (κ3) is 6.68. The zero-order valence-electron chi connectivity index (χ0n) is 14.2. The van der Waals surface area contributed by atoms with Crippen LogP contribution in [0.25, 0.3) is 0 Å². The van der Waals surface area contributed by atoms with Gasteiger partial charge in [0.2, 0.25) is 5.91 Å². The Bertz CT molecular complexity index is 477. The lowest BCUT2D eigenvalue weighted by Gasteiger charge is -2.36. The molecular weight excluding hydrogens is 333 g/mol. The van der Waals surface area contributed by atoms with Crippen LogP contribution in [0.5, 0.6) is 0 Å². The van der Waals surface area contributed by atoms with Crippen molar-refractivity contribution in [1.29, 1.82) is 0 Å². The Hall–Kier alpha value is -0.810. The number of carbonyl (C=O) groups excluding carboxylic acids is 1. The molecule has 1 aromatic rings. The van der Waals surface area contributed by atoms with Crippen molar-refractivity contribution in [1.82, 2.24) is 15.1 Å². The standard InChI is InChI=1S/C17H27N3O.2ClH/c1-14-5-4-6-16(11-14)13-19-7-9-20(10-8-19)17(21)15(2)12-18-3;;/h4-6,11,15,18H,7-10,12-13H2,1-3H3;2*1H. The molecule has 132 valence electrons. The van der Waals surface area contributed by atoms with Crippen LogP contribution in [0.2, 0.25) is 0 Å². The molecule has 0 spiro atoms. The van der Waals surface area contributed by atoms with Crippen LogP contribution in [0.4, 0.5) is 0 Å². The van der Waals surface area contributed by atoms with E-state index in [0.717, 1.165) is 39.3 Å². The number of rotatable bonds is 5. The molecule has 23 heavy (non-hydrogen) atoms. The molecule has 0 saturated carbocycles. The van der Waals surface area contributed by atoms with Gasteiger partial charge < -0.3 is 10.2 Å². The summed E-state index contributed by atoms with van der Waals surface area (Å²) in [5, 5.41) is 3.08. The zero-order chi connectivity index (χ0) is 15.2. The van der Waals surface area contributed by atoms with Crippen molar-refractivity contribution in [3.05, 3.63) is 35.4 Å². The molecule has 1 aromatic carbocycles. The molecule has 0 bridgehead atoms. The van der Waals surface area contributed by atoms with E-state index in [2.05, 4.69) is 41.4 Å². The number of amides is 1. The van der Waals surface area contributed by atoms with Crippen molar-refractivity contribution < 1.29 is 4.79 Å². The van der Waals surface area contributed by atoms with Gasteiger partial charge in [-0.1, -0.05) is 36.8 Å². The first kappa shape index (κ1) is 22.2. The minimum Gasteiger partial charge on any atom is -0.340 e. The van der Waals surface area contributed by atoms with E-state index in [0.29, 0.717) is 0 Å². The highest BCUT2D eigenvalue weighted by atomic mass is 35.5. The second-order valence-electron chi connectivity index (χ2n) is 6.05. The molecule has 2 rings (SSSR count). The normalized spacial score (nSPS) is 16.2. The number of hydrogen-bond acceptors (Lipinski definition) is 3. The number of halogens is 2. The molecule has 1 aliphatic heterocycles. The highest BCUT2D eigenvalue weighted by Crippen LogP contribution is 2.12. The van der Waals surface area contributed by atoms with Crippen LogP contribution in [0, 0.1) is 12.8 Å². The molecule has 0 radical (unpaired) electrons. The fourth-order valence-corrected chi connectivity index (χ4v) is 2.90. The average molecular weight is 362 g/mol. The average Bonchev–Trinajstić information content (AvgIpc) is 2.47. The molecule has 1 unspecified atom stereocenters. The van der Waals surface area contributed by atoms with Crippen molar-refractivity contribution in [2.45, 2.75) is 20.4 Å². The molecule has 1 saturated heterocycles. The monoisotopic (exact) mass is 361 g/mol. The first-order valence-electron chi connectivity index (χ1n) is 7.81. The SMILES string of the molecule is CNCC(C)C(=O)N1CCN(Cc2cccc(C)c2)CC1.Cl.Cl. The smallest absolute Gasteiger partial charge is 0.226 e. The lowest BCUT2D eigenvalue weighted by Crippen LogP contribution is -2.50. The molecule has 1 atom stereocenters. The highest BCUT2D eigenvalue weighted by Gasteiger charge is 2.24. The molecule has 1 aliphatic rings. The van der Waals surface area contributed by atoms with Crippen molar-refractivity contribution >= 4 is 30.7 Å². The number of carbonyl (C=O) groups is 1. The third-order valence-electron chi connectivity index (χ3n) is 4.10. The van der Waals surface area contributed by atoms with Crippen molar-refractivity contribution in [3.8, 4) is 0 Å². The first-order chi connectivity index (χ1) is 10.1. The van der Waals surface area contributed by atoms with Gasteiger partial charge in [-0.25, -0.2) is 0 Å². The van der Waals surface area contributed by atoms with Crippen LogP contribution < -0.4 is 5.32 Å². The summed E-state index contributed by atoms with van der Waals surface area (Å²) in [7, 11) is 1.89. The van der Waals surface area contributed by atoms with Crippen LogP contribution in [0.15, 0.2) is 24.3 Å². The number of benzene rings is 1. The van der Waals surface area contributed by atoms with Crippen LogP contribution in [0.1, 0.15) is 18.1 Å². The Morgan fingerprint density at radius 2 is 1.87 bits per heavy atom. The van der Waals surface area contributed by atoms with Gasteiger partial charge in [0, 0.05) is 45.2 Å². The Kier molecular flexibility index (Phi) is 10.5. The predicted octanol–water partition coefficient (Wildman–Crippen LogP) is 2.34. The van der Waals surface area contributed by atoms with Gasteiger partial charge in [-0.2, -0.15) is 0 Å². The Labute approximate surface area is 152 Å². The molecule has 1 fully saturated rings. The summed E-state index contributed by atoms with van der Waals surface area (Å²) < 4.78 is 0. The highest BCUT2D eigenvalue weighted by molar-refractivity contribution is 5.85. The van der Waals surface area contributed by atoms with E-state index in [1.165, 1.54) is 11.1 Å². The summed E-state index contributed by atoms with van der Waals surface area (Å²) in [5.74, 6) is 0.345. The van der Waals surface area contributed by atoms with E-state index in [1.807, 2.05) is 18.9 Å². The summed E-state index contributed by atoms with van der Waals surface area (Å²) in [6.45, 7) is 9.48.